The molecule has 4 rings (SSSR count). The Labute approximate surface area is 138 Å². The topological polar surface area (TPSA) is 64.6 Å². The van der Waals surface area contributed by atoms with Crippen LogP contribution in [-0.4, -0.2) is 52.2 Å². The SMILES string of the molecule is O=C(c1cscn1)N1CC2(C[C@H](Oc3cccnc3)CCO2)C1. The van der Waals surface area contributed by atoms with Crippen LogP contribution in [0.3, 0.4) is 0 Å². The third-order valence-corrected chi connectivity index (χ3v) is 4.87. The van der Waals surface area contributed by atoms with E-state index < -0.39 is 0 Å². The maximum Gasteiger partial charge on any atom is 0.273 e. The molecule has 120 valence electrons. The van der Waals surface area contributed by atoms with E-state index in [1.165, 1.54) is 11.3 Å². The summed E-state index contributed by atoms with van der Waals surface area (Å²) in [5.41, 5.74) is 1.93. The van der Waals surface area contributed by atoms with E-state index in [1.54, 1.807) is 28.2 Å². The van der Waals surface area contributed by atoms with Crippen molar-refractivity contribution in [2.45, 2.75) is 24.5 Å². The van der Waals surface area contributed by atoms with Gasteiger partial charge in [-0.05, 0) is 12.1 Å². The average molecular weight is 331 g/mol. The van der Waals surface area contributed by atoms with Crippen LogP contribution in [0.4, 0.5) is 0 Å². The number of carbonyl (C=O) groups excluding carboxylic acids is 1. The molecule has 4 heterocycles. The smallest absolute Gasteiger partial charge is 0.273 e. The Bertz CT molecular complexity index is 671. The number of aromatic nitrogens is 2. The number of hydrogen-bond acceptors (Lipinski definition) is 6. The second-order valence-electron chi connectivity index (χ2n) is 5.99. The molecule has 2 fully saturated rings. The molecule has 7 heteroatoms. The molecule has 2 aromatic heterocycles. The van der Waals surface area contributed by atoms with Crippen molar-refractivity contribution in [1.29, 1.82) is 0 Å². The predicted molar refractivity (Wildman–Crippen MR) is 84.6 cm³/mol. The minimum absolute atomic E-state index is 0.0178. The molecule has 0 saturated carbocycles. The van der Waals surface area contributed by atoms with Crippen LogP contribution >= 0.6 is 11.3 Å². The Balaban J connectivity index is 1.36. The normalized spacial score (nSPS) is 22.6. The van der Waals surface area contributed by atoms with Gasteiger partial charge in [-0.2, -0.15) is 0 Å². The van der Waals surface area contributed by atoms with Gasteiger partial charge >= 0.3 is 0 Å². The van der Waals surface area contributed by atoms with Gasteiger partial charge in [0.2, 0.25) is 0 Å². The Hall–Kier alpha value is -1.99. The molecule has 0 aromatic carbocycles. The number of carbonyl (C=O) groups is 1. The molecule has 2 aliphatic heterocycles. The maximum absolute atomic E-state index is 12.3. The molecule has 0 radical (unpaired) electrons. The van der Waals surface area contributed by atoms with E-state index in [9.17, 15) is 4.79 Å². The molecule has 0 unspecified atom stereocenters. The highest BCUT2D eigenvalue weighted by atomic mass is 32.1. The van der Waals surface area contributed by atoms with Crippen molar-refractivity contribution in [2.24, 2.45) is 0 Å². The maximum atomic E-state index is 12.3. The first kappa shape index (κ1) is 14.6. The second kappa shape index (κ2) is 5.90. The molecule has 1 spiro atoms. The van der Waals surface area contributed by atoms with Gasteiger partial charge in [-0.1, -0.05) is 0 Å². The summed E-state index contributed by atoms with van der Waals surface area (Å²) in [4.78, 5) is 22.2. The number of likely N-dealkylation sites (tertiary alicyclic amines) is 1. The number of rotatable bonds is 3. The summed E-state index contributed by atoms with van der Waals surface area (Å²) in [7, 11) is 0. The Morgan fingerprint density at radius 1 is 1.48 bits per heavy atom. The van der Waals surface area contributed by atoms with Crippen molar-refractivity contribution >= 4 is 17.2 Å². The van der Waals surface area contributed by atoms with Crippen molar-refractivity contribution in [3.8, 4) is 5.75 Å². The fourth-order valence-electron chi connectivity index (χ4n) is 3.19. The van der Waals surface area contributed by atoms with Crippen LogP contribution in [0.2, 0.25) is 0 Å². The largest absolute Gasteiger partial charge is 0.489 e. The number of pyridine rings is 1. The van der Waals surface area contributed by atoms with Crippen molar-refractivity contribution in [3.63, 3.8) is 0 Å². The molecule has 0 aliphatic carbocycles. The van der Waals surface area contributed by atoms with E-state index in [-0.39, 0.29) is 17.6 Å². The lowest BCUT2D eigenvalue weighted by molar-refractivity contribution is -0.173. The molecule has 2 aromatic rings. The minimum Gasteiger partial charge on any atom is -0.489 e. The highest BCUT2D eigenvalue weighted by Gasteiger charge is 2.50. The summed E-state index contributed by atoms with van der Waals surface area (Å²) in [6.45, 7) is 1.87. The van der Waals surface area contributed by atoms with Crippen molar-refractivity contribution in [2.75, 3.05) is 19.7 Å². The number of amides is 1. The number of ether oxygens (including phenoxy) is 2. The molecular formula is C16H17N3O3S. The molecular weight excluding hydrogens is 314 g/mol. The second-order valence-corrected chi connectivity index (χ2v) is 6.71. The van der Waals surface area contributed by atoms with Gasteiger partial charge in [0.15, 0.2) is 0 Å². The third-order valence-electron chi connectivity index (χ3n) is 4.28. The predicted octanol–water partition coefficient (Wildman–Crippen LogP) is 1.99. The summed E-state index contributed by atoms with van der Waals surface area (Å²) in [5, 5.41) is 1.78. The molecule has 6 nitrogen and oxygen atoms in total. The fourth-order valence-corrected chi connectivity index (χ4v) is 3.71. The molecule has 2 aliphatic rings. The Kier molecular flexibility index (Phi) is 3.74. The van der Waals surface area contributed by atoms with E-state index in [2.05, 4.69) is 9.97 Å². The van der Waals surface area contributed by atoms with Gasteiger partial charge in [-0.3, -0.25) is 9.78 Å². The molecule has 1 amide bonds. The van der Waals surface area contributed by atoms with Crippen LogP contribution in [0.25, 0.3) is 0 Å². The fraction of sp³-hybridized carbons (Fsp3) is 0.438. The first-order valence-corrected chi connectivity index (χ1v) is 8.57. The van der Waals surface area contributed by atoms with Crippen LogP contribution in [0.1, 0.15) is 23.3 Å². The standard InChI is InChI=1S/C16H17N3O3S/c20-15(14-8-23-11-18-14)19-9-16(10-19)6-12(3-5-21-16)22-13-2-1-4-17-7-13/h1-2,4,7-8,11-12H,3,5-6,9-10H2/t12-/m1/s1. The van der Waals surface area contributed by atoms with Crippen LogP contribution in [0, 0.1) is 0 Å². The summed E-state index contributed by atoms with van der Waals surface area (Å²) >= 11 is 1.43. The first-order chi connectivity index (χ1) is 11.2. The van der Waals surface area contributed by atoms with Gasteiger partial charge in [-0.15, -0.1) is 11.3 Å². The summed E-state index contributed by atoms with van der Waals surface area (Å²) in [6, 6.07) is 3.77. The highest BCUT2D eigenvalue weighted by Crippen LogP contribution is 2.36. The van der Waals surface area contributed by atoms with Gasteiger partial charge < -0.3 is 14.4 Å². The van der Waals surface area contributed by atoms with E-state index in [4.69, 9.17) is 9.47 Å². The van der Waals surface area contributed by atoms with Crippen molar-refractivity contribution in [1.82, 2.24) is 14.9 Å². The summed E-state index contributed by atoms with van der Waals surface area (Å²) in [5.74, 6) is 0.764. The average Bonchev–Trinajstić information content (AvgIpc) is 3.07. The third kappa shape index (κ3) is 2.94. The molecule has 0 bridgehead atoms. The van der Waals surface area contributed by atoms with Crippen molar-refractivity contribution in [3.05, 3.63) is 41.1 Å². The first-order valence-electron chi connectivity index (χ1n) is 7.62. The molecule has 1 atom stereocenters. The van der Waals surface area contributed by atoms with Crippen molar-refractivity contribution < 1.29 is 14.3 Å². The lowest BCUT2D eigenvalue weighted by atomic mass is 9.84. The molecule has 23 heavy (non-hydrogen) atoms. The number of nitrogens with zero attached hydrogens (tertiary/aromatic N) is 3. The summed E-state index contributed by atoms with van der Waals surface area (Å²) in [6.07, 6.45) is 5.21. The van der Waals surface area contributed by atoms with E-state index in [0.29, 0.717) is 25.4 Å². The zero-order valence-electron chi connectivity index (χ0n) is 12.6. The van der Waals surface area contributed by atoms with Gasteiger partial charge in [0.05, 0.1) is 31.4 Å². The van der Waals surface area contributed by atoms with E-state index >= 15 is 0 Å². The van der Waals surface area contributed by atoms with E-state index in [0.717, 1.165) is 18.6 Å². The van der Waals surface area contributed by atoms with Gasteiger partial charge in [0, 0.05) is 24.4 Å². The summed E-state index contributed by atoms with van der Waals surface area (Å²) < 4.78 is 12.0. The number of thiazole rings is 1. The van der Waals surface area contributed by atoms with Gasteiger partial charge in [0.1, 0.15) is 23.1 Å². The van der Waals surface area contributed by atoms with Crippen LogP contribution in [-0.2, 0) is 4.74 Å². The highest BCUT2D eigenvalue weighted by molar-refractivity contribution is 7.07. The lowest BCUT2D eigenvalue weighted by Crippen LogP contribution is -2.67. The zero-order valence-corrected chi connectivity index (χ0v) is 13.4. The Morgan fingerprint density at radius 3 is 3.13 bits per heavy atom. The lowest BCUT2D eigenvalue weighted by Gasteiger charge is -2.52. The Morgan fingerprint density at radius 2 is 2.39 bits per heavy atom. The molecule has 0 N–H and O–H groups in total. The monoisotopic (exact) mass is 331 g/mol. The van der Waals surface area contributed by atoms with E-state index in [1.807, 2.05) is 12.1 Å². The minimum atomic E-state index is -0.267. The molecule has 2 saturated heterocycles. The van der Waals surface area contributed by atoms with Crippen LogP contribution in [0.15, 0.2) is 35.4 Å². The quantitative estimate of drug-likeness (QED) is 0.860. The van der Waals surface area contributed by atoms with Crippen LogP contribution in [0.5, 0.6) is 5.75 Å². The number of hydrogen-bond donors (Lipinski definition) is 0. The van der Waals surface area contributed by atoms with Gasteiger partial charge in [0.25, 0.3) is 5.91 Å². The van der Waals surface area contributed by atoms with Crippen LogP contribution < -0.4 is 4.74 Å². The van der Waals surface area contributed by atoms with Gasteiger partial charge in [-0.25, -0.2) is 4.98 Å². The zero-order chi connectivity index (χ0) is 15.7.